The Morgan fingerprint density at radius 1 is 1.17 bits per heavy atom. The number of aromatic amines is 1. The molecule has 0 saturated carbocycles. The highest BCUT2D eigenvalue weighted by Gasteiger charge is 2.53. The van der Waals surface area contributed by atoms with E-state index in [0.717, 1.165) is 35.1 Å². The van der Waals surface area contributed by atoms with Crippen LogP contribution in [0.3, 0.4) is 0 Å². The summed E-state index contributed by atoms with van der Waals surface area (Å²) in [6, 6.07) is 3.51. The predicted octanol–water partition coefficient (Wildman–Crippen LogP) is 2.85. The number of piperidine rings is 1. The number of aromatic nitrogens is 2. The van der Waals surface area contributed by atoms with Gasteiger partial charge in [-0.15, -0.1) is 0 Å². The number of piperazine rings is 1. The van der Waals surface area contributed by atoms with Gasteiger partial charge in [-0.1, -0.05) is 39.3 Å². The third-order valence-electron chi connectivity index (χ3n) is 8.57. The minimum absolute atomic E-state index is 0.0247. The van der Waals surface area contributed by atoms with E-state index in [1.165, 1.54) is 0 Å². The van der Waals surface area contributed by atoms with Crippen molar-refractivity contribution in [2.45, 2.75) is 84.3 Å². The molecular weight excluding hydrogens is 520 g/mol. The summed E-state index contributed by atoms with van der Waals surface area (Å²) in [5.74, 6) is 0.135. The predicted molar refractivity (Wildman–Crippen MR) is 157 cm³/mol. The number of hydrogen-bond donors (Lipinski definition) is 4. The van der Waals surface area contributed by atoms with Crippen molar-refractivity contribution in [2.75, 3.05) is 32.8 Å². The molecule has 2 aliphatic rings. The number of carbonyl (C=O) groups excluding carboxylic acids is 3. The number of aryl methyl sites for hydroxylation is 2. The van der Waals surface area contributed by atoms with Crippen LogP contribution < -0.4 is 10.6 Å². The third-order valence-corrected chi connectivity index (χ3v) is 8.57. The van der Waals surface area contributed by atoms with Crippen LogP contribution in [0.1, 0.15) is 91.5 Å². The summed E-state index contributed by atoms with van der Waals surface area (Å²) in [6.07, 6.45) is 7.29. The fourth-order valence-corrected chi connectivity index (χ4v) is 6.59. The number of amides is 3. The molecule has 1 aromatic heterocycles. The fraction of sp³-hybridized carbons (Fsp3) is 0.613. The zero-order chi connectivity index (χ0) is 29.7. The minimum atomic E-state index is -0.836. The average Bonchev–Trinajstić information content (AvgIpc) is 3.45. The molecule has 2 saturated heterocycles. The van der Waals surface area contributed by atoms with Gasteiger partial charge in [-0.2, -0.15) is 5.10 Å². The molecule has 224 valence electrons. The summed E-state index contributed by atoms with van der Waals surface area (Å²) < 4.78 is 0. The molecule has 4 N–H and O–H groups in total. The van der Waals surface area contributed by atoms with Gasteiger partial charge in [-0.05, 0) is 62.1 Å². The highest BCUT2D eigenvalue weighted by Crippen LogP contribution is 2.39. The second-order valence-electron chi connectivity index (χ2n) is 12.0. The average molecular weight is 567 g/mol. The van der Waals surface area contributed by atoms with E-state index in [-0.39, 0.29) is 36.9 Å². The Hall–Kier alpha value is -3.24. The second-order valence-corrected chi connectivity index (χ2v) is 12.0. The first-order valence-corrected chi connectivity index (χ1v) is 15.0. The summed E-state index contributed by atoms with van der Waals surface area (Å²) in [7, 11) is 0. The molecule has 10 nitrogen and oxygen atoms in total. The van der Waals surface area contributed by atoms with Crippen molar-refractivity contribution in [1.82, 2.24) is 30.6 Å². The number of likely N-dealkylation sites (tertiary alicyclic amines) is 1. The van der Waals surface area contributed by atoms with Crippen LogP contribution in [-0.4, -0.2) is 87.2 Å². The van der Waals surface area contributed by atoms with Gasteiger partial charge in [-0.3, -0.25) is 24.4 Å². The van der Waals surface area contributed by atoms with E-state index in [0.29, 0.717) is 50.4 Å². The molecular formula is C31H46N6O4. The number of H-pyrrole nitrogens is 1. The van der Waals surface area contributed by atoms with Gasteiger partial charge in [0, 0.05) is 43.5 Å². The first-order valence-electron chi connectivity index (χ1n) is 15.0. The smallest absolute Gasteiger partial charge is 0.251 e. The Labute approximate surface area is 243 Å². The van der Waals surface area contributed by atoms with Crippen molar-refractivity contribution in [2.24, 2.45) is 5.92 Å². The van der Waals surface area contributed by atoms with Gasteiger partial charge in [0.25, 0.3) is 5.91 Å². The van der Waals surface area contributed by atoms with Gasteiger partial charge in [0.2, 0.25) is 11.8 Å². The zero-order valence-corrected chi connectivity index (χ0v) is 25.1. The number of unbranched alkanes of at least 4 members (excludes halogenated alkanes) is 1. The molecule has 2 fully saturated rings. The summed E-state index contributed by atoms with van der Waals surface area (Å²) in [4.78, 5) is 44.4. The molecule has 10 heteroatoms. The lowest BCUT2D eigenvalue weighted by molar-refractivity contribution is -0.162. The molecule has 2 atom stereocenters. The van der Waals surface area contributed by atoms with E-state index in [1.54, 1.807) is 0 Å². The molecule has 3 heterocycles. The maximum atomic E-state index is 13.7. The van der Waals surface area contributed by atoms with Gasteiger partial charge in [0.05, 0.1) is 18.8 Å². The molecule has 2 aromatic rings. The molecule has 0 bridgehead atoms. The maximum Gasteiger partial charge on any atom is 0.251 e. The van der Waals surface area contributed by atoms with Gasteiger partial charge in [0.1, 0.15) is 11.6 Å². The lowest BCUT2D eigenvalue weighted by atomic mass is 9.79. The summed E-state index contributed by atoms with van der Waals surface area (Å²) in [6.45, 7) is 12.1. The Balaban J connectivity index is 1.62. The number of benzene rings is 1. The van der Waals surface area contributed by atoms with E-state index in [9.17, 15) is 14.4 Å². The van der Waals surface area contributed by atoms with Crippen LogP contribution in [0.2, 0.25) is 0 Å². The number of nitrogens with zero attached hydrogens (tertiary/aromatic N) is 3. The van der Waals surface area contributed by atoms with Crippen molar-refractivity contribution in [1.29, 1.82) is 0 Å². The number of hydrogen-bond acceptors (Lipinski definition) is 6. The van der Waals surface area contributed by atoms with E-state index in [1.807, 2.05) is 43.3 Å². The summed E-state index contributed by atoms with van der Waals surface area (Å²) in [5.41, 5.74) is 3.54. The van der Waals surface area contributed by atoms with Crippen LogP contribution in [0, 0.1) is 19.8 Å². The number of aliphatic hydroxyl groups excluding tert-OH is 1. The standard InChI is InChI=1S/C31H46N6O4/c1-6-7-11-37-29(40)25(15-20(2)3)35-30(41)31(37)8-12-36(13-9-31)27(24-18-33-34-19-24)23-16-21(4)26(22(5)17-23)28(39)32-10-14-38/h16-20,25,27,38H,6-15H2,1-5H3,(H,32,39)(H,33,34)(H,35,41)/t25-,27?/m0/s1. The Bertz CT molecular complexity index is 1200. The van der Waals surface area contributed by atoms with Crippen LogP contribution >= 0.6 is 0 Å². The number of nitrogens with one attached hydrogen (secondary N) is 3. The van der Waals surface area contributed by atoms with E-state index in [2.05, 4.69) is 46.5 Å². The Kier molecular flexibility index (Phi) is 9.86. The van der Waals surface area contributed by atoms with Crippen LogP contribution in [0.4, 0.5) is 0 Å². The van der Waals surface area contributed by atoms with Crippen molar-refractivity contribution in [3.05, 3.63) is 52.3 Å². The summed E-state index contributed by atoms with van der Waals surface area (Å²) in [5, 5.41) is 22.1. The highest BCUT2D eigenvalue weighted by molar-refractivity contribution is 6.00. The molecule has 2 aliphatic heterocycles. The molecule has 1 spiro atoms. The van der Waals surface area contributed by atoms with Crippen LogP contribution in [0.15, 0.2) is 24.5 Å². The van der Waals surface area contributed by atoms with Crippen molar-refractivity contribution < 1.29 is 19.5 Å². The van der Waals surface area contributed by atoms with Gasteiger partial charge in [-0.25, -0.2) is 0 Å². The van der Waals surface area contributed by atoms with Crippen molar-refractivity contribution in [3.8, 4) is 0 Å². The fourth-order valence-electron chi connectivity index (χ4n) is 6.59. The molecule has 1 aromatic carbocycles. The molecule has 4 rings (SSSR count). The topological polar surface area (TPSA) is 131 Å². The Morgan fingerprint density at radius 3 is 2.41 bits per heavy atom. The van der Waals surface area contributed by atoms with Crippen molar-refractivity contribution in [3.63, 3.8) is 0 Å². The largest absolute Gasteiger partial charge is 0.395 e. The van der Waals surface area contributed by atoms with Gasteiger partial charge >= 0.3 is 0 Å². The van der Waals surface area contributed by atoms with Crippen LogP contribution in [0.5, 0.6) is 0 Å². The monoisotopic (exact) mass is 566 g/mol. The lowest BCUT2D eigenvalue weighted by Crippen LogP contribution is -2.73. The number of rotatable bonds is 11. The summed E-state index contributed by atoms with van der Waals surface area (Å²) >= 11 is 0. The lowest BCUT2D eigenvalue weighted by Gasteiger charge is -2.52. The van der Waals surface area contributed by atoms with Crippen molar-refractivity contribution >= 4 is 17.7 Å². The first kappa shape index (κ1) is 30.7. The van der Waals surface area contributed by atoms with Crippen LogP contribution in [-0.2, 0) is 9.59 Å². The van der Waals surface area contributed by atoms with E-state index < -0.39 is 11.6 Å². The van der Waals surface area contributed by atoms with E-state index >= 15 is 0 Å². The molecule has 0 aliphatic carbocycles. The molecule has 41 heavy (non-hydrogen) atoms. The number of aliphatic hydroxyl groups is 1. The van der Waals surface area contributed by atoms with Crippen LogP contribution in [0.25, 0.3) is 0 Å². The number of carbonyl (C=O) groups is 3. The van der Waals surface area contributed by atoms with Gasteiger partial charge in [0.15, 0.2) is 0 Å². The molecule has 0 radical (unpaired) electrons. The zero-order valence-electron chi connectivity index (χ0n) is 25.1. The third kappa shape index (κ3) is 6.33. The highest BCUT2D eigenvalue weighted by atomic mass is 16.3. The minimum Gasteiger partial charge on any atom is -0.395 e. The quantitative estimate of drug-likeness (QED) is 0.331. The van der Waals surface area contributed by atoms with E-state index in [4.69, 9.17) is 5.11 Å². The SMILES string of the molecule is CCCCN1C(=O)[C@H](CC(C)C)NC(=O)C12CCN(C(c1cn[nH]c1)c1cc(C)c(C(=O)NCCO)c(C)c1)CC2. The molecule has 3 amide bonds. The molecule has 1 unspecified atom stereocenters. The van der Waals surface area contributed by atoms with Gasteiger partial charge < -0.3 is 20.6 Å². The second kappa shape index (κ2) is 13.2. The first-order chi connectivity index (χ1) is 19.6. The maximum absolute atomic E-state index is 13.7. The normalized spacial score (nSPS) is 20.0. The Morgan fingerprint density at radius 2 is 1.85 bits per heavy atom.